The quantitative estimate of drug-likeness (QED) is 0.525. The van der Waals surface area contributed by atoms with E-state index >= 15 is 0 Å². The Morgan fingerprint density at radius 1 is 1.38 bits per heavy atom. The van der Waals surface area contributed by atoms with Gasteiger partial charge >= 0.3 is 0 Å². The lowest BCUT2D eigenvalue weighted by Gasteiger charge is -2.08. The molecule has 0 aromatic carbocycles. The molecule has 8 nitrogen and oxygen atoms in total. The van der Waals surface area contributed by atoms with Crippen LogP contribution in [0.2, 0.25) is 0 Å². The highest BCUT2D eigenvalue weighted by Crippen LogP contribution is 2.18. The summed E-state index contributed by atoms with van der Waals surface area (Å²) in [5.74, 6) is 6.47. The Hall–Kier alpha value is -2.74. The molecule has 0 amide bonds. The molecule has 3 rings (SSSR count). The molecular weight excluding hydrogens is 270 g/mol. The summed E-state index contributed by atoms with van der Waals surface area (Å²) in [6.07, 6.45) is 3.37. The predicted octanol–water partition coefficient (Wildman–Crippen LogP) is 0.167. The average molecular weight is 285 g/mol. The van der Waals surface area contributed by atoms with Gasteiger partial charge < -0.3 is 9.99 Å². The third-order valence-electron chi connectivity index (χ3n) is 3.24. The summed E-state index contributed by atoms with van der Waals surface area (Å²) in [4.78, 5) is 20.7. The van der Waals surface area contributed by atoms with Crippen molar-refractivity contribution in [2.45, 2.75) is 13.5 Å². The predicted molar refractivity (Wildman–Crippen MR) is 78.7 cm³/mol. The van der Waals surface area contributed by atoms with Crippen LogP contribution in [0.3, 0.4) is 0 Å². The first-order valence-corrected chi connectivity index (χ1v) is 6.41. The number of hydrazine groups is 1. The zero-order valence-electron chi connectivity index (χ0n) is 11.7. The number of nitrogens with zero attached hydrogens (tertiary/aromatic N) is 5. The summed E-state index contributed by atoms with van der Waals surface area (Å²) in [5, 5.41) is 4.87. The Labute approximate surface area is 120 Å². The summed E-state index contributed by atoms with van der Waals surface area (Å²) in [7, 11) is 1.79. The molecule has 0 bridgehead atoms. The SMILES string of the molecule is Cc1ccn(Cc2nc(NN)c3cnn(C)c3n2)c(=O)c1. The van der Waals surface area contributed by atoms with E-state index in [1.54, 1.807) is 34.8 Å². The number of rotatable bonds is 3. The molecule has 3 heterocycles. The second kappa shape index (κ2) is 4.98. The summed E-state index contributed by atoms with van der Waals surface area (Å²) < 4.78 is 3.18. The van der Waals surface area contributed by atoms with Crippen molar-refractivity contribution in [1.29, 1.82) is 0 Å². The second-order valence-corrected chi connectivity index (χ2v) is 4.81. The molecule has 0 unspecified atom stereocenters. The topological polar surface area (TPSA) is 104 Å². The van der Waals surface area contributed by atoms with E-state index in [1.807, 2.05) is 13.0 Å². The Bertz CT molecular complexity index is 865. The van der Waals surface area contributed by atoms with Crippen LogP contribution in [0, 0.1) is 6.92 Å². The monoisotopic (exact) mass is 285 g/mol. The number of nitrogens with two attached hydrogens (primary N) is 1. The molecule has 0 saturated carbocycles. The molecule has 0 spiro atoms. The van der Waals surface area contributed by atoms with Gasteiger partial charge in [-0.2, -0.15) is 5.10 Å². The molecule has 0 aliphatic heterocycles. The molecule has 0 aliphatic rings. The molecule has 0 atom stereocenters. The van der Waals surface area contributed by atoms with Crippen LogP contribution in [-0.2, 0) is 13.6 Å². The van der Waals surface area contributed by atoms with Crippen molar-refractivity contribution in [2.24, 2.45) is 12.9 Å². The molecule has 0 fully saturated rings. The largest absolute Gasteiger partial charge is 0.308 e. The van der Waals surface area contributed by atoms with E-state index < -0.39 is 0 Å². The smallest absolute Gasteiger partial charge is 0.251 e. The number of anilines is 1. The van der Waals surface area contributed by atoms with Crippen LogP contribution in [0.1, 0.15) is 11.4 Å². The molecule has 8 heteroatoms. The van der Waals surface area contributed by atoms with Crippen LogP contribution in [0.5, 0.6) is 0 Å². The van der Waals surface area contributed by atoms with E-state index in [9.17, 15) is 4.79 Å². The fourth-order valence-corrected chi connectivity index (χ4v) is 2.14. The fourth-order valence-electron chi connectivity index (χ4n) is 2.14. The standard InChI is InChI=1S/C13H15N7O/c1-8-3-4-20(11(21)5-8)7-10-16-12(18-14)9-6-15-19(2)13(9)17-10/h3-6H,7,14H2,1-2H3,(H,16,17,18). The van der Waals surface area contributed by atoms with Gasteiger partial charge in [0.2, 0.25) is 0 Å². The van der Waals surface area contributed by atoms with Gasteiger partial charge in [0.15, 0.2) is 17.3 Å². The Kier molecular flexibility index (Phi) is 3.15. The molecule has 108 valence electrons. The molecule has 0 saturated heterocycles. The lowest BCUT2D eigenvalue weighted by molar-refractivity contribution is 0.710. The van der Waals surface area contributed by atoms with Crippen LogP contribution in [0.25, 0.3) is 11.0 Å². The van der Waals surface area contributed by atoms with Crippen molar-refractivity contribution < 1.29 is 0 Å². The van der Waals surface area contributed by atoms with Crippen LogP contribution in [-0.4, -0.2) is 24.3 Å². The molecule has 21 heavy (non-hydrogen) atoms. The third-order valence-corrected chi connectivity index (χ3v) is 3.24. The van der Waals surface area contributed by atoms with Crippen molar-refractivity contribution in [3.8, 4) is 0 Å². The first-order valence-electron chi connectivity index (χ1n) is 6.41. The number of pyridine rings is 1. The maximum absolute atomic E-state index is 11.9. The van der Waals surface area contributed by atoms with E-state index in [0.717, 1.165) is 10.9 Å². The van der Waals surface area contributed by atoms with Crippen molar-refractivity contribution in [1.82, 2.24) is 24.3 Å². The van der Waals surface area contributed by atoms with Crippen molar-refractivity contribution >= 4 is 16.9 Å². The minimum Gasteiger partial charge on any atom is -0.308 e. The van der Waals surface area contributed by atoms with Gasteiger partial charge in [-0.1, -0.05) is 0 Å². The molecule has 3 N–H and O–H groups in total. The number of aromatic nitrogens is 5. The zero-order chi connectivity index (χ0) is 15.0. The van der Waals surface area contributed by atoms with E-state index in [4.69, 9.17) is 5.84 Å². The van der Waals surface area contributed by atoms with Gasteiger partial charge in [-0.15, -0.1) is 0 Å². The fraction of sp³-hybridized carbons (Fsp3) is 0.231. The number of fused-ring (bicyclic) bond motifs is 1. The van der Waals surface area contributed by atoms with Gasteiger partial charge in [0.1, 0.15) is 0 Å². The maximum Gasteiger partial charge on any atom is 0.251 e. The van der Waals surface area contributed by atoms with Crippen LogP contribution in [0.4, 0.5) is 5.82 Å². The maximum atomic E-state index is 11.9. The van der Waals surface area contributed by atoms with Crippen molar-refractivity contribution in [2.75, 3.05) is 5.43 Å². The van der Waals surface area contributed by atoms with Gasteiger partial charge in [0, 0.05) is 19.3 Å². The first kappa shape index (κ1) is 13.3. The lowest BCUT2D eigenvalue weighted by atomic mass is 10.3. The minimum atomic E-state index is -0.0917. The molecule has 0 aliphatic carbocycles. The van der Waals surface area contributed by atoms with Gasteiger partial charge in [0.05, 0.1) is 18.1 Å². The second-order valence-electron chi connectivity index (χ2n) is 4.81. The summed E-state index contributed by atoms with van der Waals surface area (Å²) in [6.45, 7) is 2.15. The van der Waals surface area contributed by atoms with Crippen molar-refractivity contribution in [3.05, 3.63) is 46.3 Å². The summed E-state index contributed by atoms with van der Waals surface area (Å²) >= 11 is 0. The molecule has 0 radical (unpaired) electrons. The minimum absolute atomic E-state index is 0.0917. The highest BCUT2D eigenvalue weighted by atomic mass is 16.1. The summed E-state index contributed by atoms with van der Waals surface area (Å²) in [6, 6.07) is 3.44. The van der Waals surface area contributed by atoms with Gasteiger partial charge in [-0.3, -0.25) is 9.48 Å². The highest BCUT2D eigenvalue weighted by Gasteiger charge is 2.11. The zero-order valence-corrected chi connectivity index (χ0v) is 11.7. The normalized spacial score (nSPS) is 11.0. The average Bonchev–Trinajstić information content (AvgIpc) is 2.83. The van der Waals surface area contributed by atoms with Crippen LogP contribution < -0.4 is 16.8 Å². The highest BCUT2D eigenvalue weighted by molar-refractivity contribution is 5.86. The molecule has 3 aromatic heterocycles. The Balaban J connectivity index is 2.08. The number of hydrogen-bond acceptors (Lipinski definition) is 6. The number of nitrogen functional groups attached to an aromatic ring is 1. The number of aryl methyl sites for hydroxylation is 2. The number of nitrogens with one attached hydrogen (secondary N) is 1. The van der Waals surface area contributed by atoms with E-state index in [1.165, 1.54) is 0 Å². The van der Waals surface area contributed by atoms with Crippen molar-refractivity contribution in [3.63, 3.8) is 0 Å². The van der Waals surface area contributed by atoms with Gasteiger partial charge in [-0.05, 0) is 18.6 Å². The third kappa shape index (κ3) is 2.36. The van der Waals surface area contributed by atoms with E-state index in [0.29, 0.717) is 17.3 Å². The first-order chi connectivity index (χ1) is 10.1. The Morgan fingerprint density at radius 3 is 2.90 bits per heavy atom. The number of hydrogen-bond donors (Lipinski definition) is 2. The van der Waals surface area contributed by atoms with Crippen LogP contribution in [0.15, 0.2) is 29.3 Å². The molecule has 3 aromatic rings. The lowest BCUT2D eigenvalue weighted by Crippen LogP contribution is -2.21. The van der Waals surface area contributed by atoms with E-state index in [-0.39, 0.29) is 12.1 Å². The Morgan fingerprint density at radius 2 is 2.19 bits per heavy atom. The molecular formula is C13H15N7O. The van der Waals surface area contributed by atoms with Gasteiger partial charge in [-0.25, -0.2) is 15.8 Å². The van der Waals surface area contributed by atoms with E-state index in [2.05, 4.69) is 20.5 Å². The summed E-state index contributed by atoms with van der Waals surface area (Å²) in [5.41, 5.74) is 4.03. The van der Waals surface area contributed by atoms with Gasteiger partial charge in [0.25, 0.3) is 5.56 Å². The van der Waals surface area contributed by atoms with Crippen LogP contribution >= 0.6 is 0 Å².